The van der Waals surface area contributed by atoms with E-state index in [0.29, 0.717) is 34.6 Å². The van der Waals surface area contributed by atoms with Gasteiger partial charge in [0.1, 0.15) is 5.69 Å². The minimum Gasteiger partial charge on any atom is -0.304 e. The lowest BCUT2D eigenvalue weighted by Gasteiger charge is -2.06. The monoisotopic (exact) mass is 377 g/mol. The first-order chi connectivity index (χ1) is 12.0. The maximum atomic E-state index is 12.4. The second-order valence-electron chi connectivity index (χ2n) is 5.56. The number of nitrogens with zero attached hydrogens (tertiary/aromatic N) is 4. The fourth-order valence-corrected chi connectivity index (χ4v) is 2.82. The molecule has 0 aliphatic carbocycles. The summed E-state index contributed by atoms with van der Waals surface area (Å²) in [5.74, 6) is 0.255. The summed E-state index contributed by atoms with van der Waals surface area (Å²) in [6.45, 7) is 5.02. The molecule has 0 spiro atoms. The molecule has 0 radical (unpaired) electrons. The van der Waals surface area contributed by atoms with Crippen LogP contribution in [0.15, 0.2) is 36.5 Å². The molecule has 2 heterocycles. The highest BCUT2D eigenvalue weighted by molar-refractivity contribution is 6.42. The number of aromatic nitrogens is 4. The maximum absolute atomic E-state index is 12.4. The van der Waals surface area contributed by atoms with Gasteiger partial charge in [-0.15, -0.1) is 0 Å². The van der Waals surface area contributed by atoms with Crippen LogP contribution in [0.4, 0.5) is 5.82 Å². The Hall–Kier alpha value is -2.31. The topological polar surface area (TPSA) is 64.7 Å². The van der Waals surface area contributed by atoms with E-state index in [4.69, 9.17) is 23.2 Å². The van der Waals surface area contributed by atoms with Crippen LogP contribution in [-0.2, 0) is 13.1 Å². The first-order valence-corrected chi connectivity index (χ1v) is 8.55. The minimum atomic E-state index is -0.237. The van der Waals surface area contributed by atoms with Gasteiger partial charge < -0.3 is 5.32 Å². The number of carbonyl (C=O) groups excluding carboxylic acids is 1. The average Bonchev–Trinajstić information content (AvgIpc) is 3.18. The Balaban J connectivity index is 1.76. The molecule has 0 aliphatic rings. The SMILES string of the molecule is CCn1nccc1C(=O)Nc1cc(C)n(Cc2ccc(Cl)c(Cl)c2)n1. The zero-order valence-corrected chi connectivity index (χ0v) is 15.3. The fraction of sp³-hybridized carbons (Fsp3) is 0.235. The lowest BCUT2D eigenvalue weighted by Crippen LogP contribution is -2.17. The molecule has 2 aromatic heterocycles. The van der Waals surface area contributed by atoms with Crippen molar-refractivity contribution in [2.24, 2.45) is 0 Å². The van der Waals surface area contributed by atoms with Crippen LogP contribution in [0.1, 0.15) is 28.7 Å². The van der Waals surface area contributed by atoms with Gasteiger partial charge in [0.2, 0.25) is 0 Å². The number of hydrogen-bond donors (Lipinski definition) is 1. The van der Waals surface area contributed by atoms with Crippen molar-refractivity contribution in [1.29, 1.82) is 0 Å². The molecule has 0 unspecified atom stereocenters. The van der Waals surface area contributed by atoms with Crippen molar-refractivity contribution in [2.45, 2.75) is 26.9 Å². The van der Waals surface area contributed by atoms with Gasteiger partial charge in [0, 0.05) is 24.5 Å². The number of amides is 1. The maximum Gasteiger partial charge on any atom is 0.275 e. The molecule has 1 N–H and O–H groups in total. The molecule has 3 aromatic rings. The van der Waals surface area contributed by atoms with Crippen molar-refractivity contribution in [2.75, 3.05) is 5.32 Å². The number of anilines is 1. The number of halogens is 2. The van der Waals surface area contributed by atoms with Crippen LogP contribution >= 0.6 is 23.2 Å². The second kappa shape index (κ2) is 7.29. The molecule has 0 fully saturated rings. The molecule has 8 heteroatoms. The zero-order valence-electron chi connectivity index (χ0n) is 13.8. The summed E-state index contributed by atoms with van der Waals surface area (Å²) in [7, 11) is 0. The summed E-state index contributed by atoms with van der Waals surface area (Å²) < 4.78 is 3.43. The van der Waals surface area contributed by atoms with Gasteiger partial charge in [0.05, 0.1) is 16.6 Å². The van der Waals surface area contributed by atoms with E-state index in [9.17, 15) is 4.79 Å². The molecule has 25 heavy (non-hydrogen) atoms. The Morgan fingerprint density at radius 1 is 1.16 bits per heavy atom. The molecule has 0 saturated heterocycles. The number of hydrogen-bond acceptors (Lipinski definition) is 3. The molecule has 6 nitrogen and oxygen atoms in total. The van der Waals surface area contributed by atoms with Gasteiger partial charge >= 0.3 is 0 Å². The molecular weight excluding hydrogens is 361 g/mol. The highest BCUT2D eigenvalue weighted by Crippen LogP contribution is 2.23. The number of aryl methyl sites for hydroxylation is 2. The molecular formula is C17H17Cl2N5O. The van der Waals surface area contributed by atoms with Crippen LogP contribution in [0.5, 0.6) is 0 Å². The van der Waals surface area contributed by atoms with Gasteiger partial charge in [-0.05, 0) is 37.6 Å². The molecule has 130 valence electrons. The first kappa shape index (κ1) is 17.5. The van der Waals surface area contributed by atoms with E-state index in [0.717, 1.165) is 11.3 Å². The molecule has 0 saturated carbocycles. The predicted octanol–water partition coefficient (Wildman–Crippen LogP) is 4.02. The summed E-state index contributed by atoms with van der Waals surface area (Å²) >= 11 is 12.0. The van der Waals surface area contributed by atoms with E-state index in [2.05, 4.69) is 15.5 Å². The third kappa shape index (κ3) is 3.86. The highest BCUT2D eigenvalue weighted by atomic mass is 35.5. The number of carbonyl (C=O) groups is 1. The smallest absolute Gasteiger partial charge is 0.275 e. The summed E-state index contributed by atoms with van der Waals surface area (Å²) in [6, 6.07) is 8.96. The molecule has 0 aliphatic heterocycles. The second-order valence-corrected chi connectivity index (χ2v) is 6.38. The Labute approximate surface area is 155 Å². The van der Waals surface area contributed by atoms with Crippen molar-refractivity contribution in [1.82, 2.24) is 19.6 Å². The molecule has 3 rings (SSSR count). The Bertz CT molecular complexity index is 916. The highest BCUT2D eigenvalue weighted by Gasteiger charge is 2.14. The van der Waals surface area contributed by atoms with Gasteiger partial charge in [0.25, 0.3) is 5.91 Å². The standard InChI is InChI=1S/C17H17Cl2N5O/c1-3-23-15(6-7-20-23)17(25)21-16-8-11(2)24(22-16)10-12-4-5-13(18)14(19)9-12/h4-9H,3,10H2,1-2H3,(H,21,22,25). The average molecular weight is 378 g/mol. The van der Waals surface area contributed by atoms with Gasteiger partial charge in [0.15, 0.2) is 5.82 Å². The van der Waals surface area contributed by atoms with Crippen LogP contribution in [0, 0.1) is 6.92 Å². The molecule has 0 bridgehead atoms. The lowest BCUT2D eigenvalue weighted by atomic mass is 10.2. The van der Waals surface area contributed by atoms with Crippen LogP contribution in [-0.4, -0.2) is 25.5 Å². The normalized spacial score (nSPS) is 10.9. The predicted molar refractivity (Wildman–Crippen MR) is 98.4 cm³/mol. The van der Waals surface area contributed by atoms with E-state index in [1.54, 1.807) is 27.7 Å². The molecule has 1 aromatic carbocycles. The van der Waals surface area contributed by atoms with Crippen LogP contribution in [0.25, 0.3) is 0 Å². The fourth-order valence-electron chi connectivity index (χ4n) is 2.50. The third-order valence-electron chi connectivity index (χ3n) is 3.79. The van der Waals surface area contributed by atoms with Gasteiger partial charge in [-0.25, -0.2) is 0 Å². The van der Waals surface area contributed by atoms with Gasteiger partial charge in [-0.2, -0.15) is 10.2 Å². The van der Waals surface area contributed by atoms with Crippen molar-refractivity contribution >= 4 is 34.9 Å². The van der Waals surface area contributed by atoms with Crippen molar-refractivity contribution in [3.8, 4) is 0 Å². The first-order valence-electron chi connectivity index (χ1n) is 7.79. The van der Waals surface area contributed by atoms with Gasteiger partial charge in [-0.3, -0.25) is 14.2 Å². The Kier molecular flexibility index (Phi) is 5.11. The van der Waals surface area contributed by atoms with E-state index in [1.807, 2.05) is 32.0 Å². The van der Waals surface area contributed by atoms with Crippen molar-refractivity contribution < 1.29 is 4.79 Å². The van der Waals surface area contributed by atoms with E-state index in [-0.39, 0.29) is 5.91 Å². The molecule has 1 amide bonds. The van der Waals surface area contributed by atoms with Crippen LogP contribution in [0.2, 0.25) is 10.0 Å². The largest absolute Gasteiger partial charge is 0.304 e. The van der Waals surface area contributed by atoms with E-state index < -0.39 is 0 Å². The number of benzene rings is 1. The summed E-state index contributed by atoms with van der Waals surface area (Å²) in [4.78, 5) is 12.4. The summed E-state index contributed by atoms with van der Waals surface area (Å²) in [5, 5.41) is 12.4. The summed E-state index contributed by atoms with van der Waals surface area (Å²) in [6.07, 6.45) is 1.60. The molecule has 0 atom stereocenters. The van der Waals surface area contributed by atoms with Crippen molar-refractivity contribution in [3.63, 3.8) is 0 Å². The van der Waals surface area contributed by atoms with Crippen molar-refractivity contribution in [3.05, 3.63) is 63.5 Å². The quantitative estimate of drug-likeness (QED) is 0.730. The third-order valence-corrected chi connectivity index (χ3v) is 4.53. The van der Waals surface area contributed by atoms with E-state index in [1.165, 1.54) is 0 Å². The zero-order chi connectivity index (χ0) is 18.0. The van der Waals surface area contributed by atoms with Gasteiger partial charge in [-0.1, -0.05) is 29.3 Å². The van der Waals surface area contributed by atoms with Crippen LogP contribution in [0.3, 0.4) is 0 Å². The summed E-state index contributed by atoms with van der Waals surface area (Å²) in [5.41, 5.74) is 2.40. The minimum absolute atomic E-state index is 0.237. The Morgan fingerprint density at radius 3 is 2.68 bits per heavy atom. The number of nitrogens with one attached hydrogen (secondary N) is 1. The lowest BCUT2D eigenvalue weighted by molar-refractivity contribution is 0.101. The number of rotatable bonds is 5. The van der Waals surface area contributed by atoms with Crippen LogP contribution < -0.4 is 5.32 Å². The van der Waals surface area contributed by atoms with E-state index >= 15 is 0 Å². The Morgan fingerprint density at radius 2 is 1.96 bits per heavy atom.